The fourth-order valence-electron chi connectivity index (χ4n) is 3.68. The van der Waals surface area contributed by atoms with Crippen LogP contribution in [0.4, 0.5) is 15.9 Å². The highest BCUT2D eigenvalue weighted by atomic mass is 19.1. The summed E-state index contributed by atoms with van der Waals surface area (Å²) < 4.78 is 26.6. The highest BCUT2D eigenvalue weighted by Crippen LogP contribution is 2.37. The summed E-state index contributed by atoms with van der Waals surface area (Å²) in [6.45, 7) is 14.6. The molecule has 1 aliphatic rings. The molecule has 1 N–H and O–H groups in total. The molecule has 0 saturated carbocycles. The molecule has 0 radical (unpaired) electrons. The van der Waals surface area contributed by atoms with Gasteiger partial charge < -0.3 is 14.6 Å². The number of nitrogens with one attached hydrogen (secondary N) is 1. The molecule has 1 fully saturated rings. The van der Waals surface area contributed by atoms with Crippen molar-refractivity contribution >= 4 is 34.9 Å². The summed E-state index contributed by atoms with van der Waals surface area (Å²) in [4.78, 5) is 4.65. The van der Waals surface area contributed by atoms with Crippen molar-refractivity contribution in [2.24, 2.45) is 0 Å². The minimum absolute atomic E-state index is 0.0888. The molecule has 2 heterocycles. The van der Waals surface area contributed by atoms with Gasteiger partial charge in [-0.1, -0.05) is 32.9 Å². The Kier molecular flexibility index (Phi) is 5.14. The molecule has 162 valence electrons. The van der Waals surface area contributed by atoms with E-state index in [9.17, 15) is 4.39 Å². The highest BCUT2D eigenvalue weighted by Gasteiger charge is 2.52. The minimum Gasteiger partial charge on any atom is -0.399 e. The van der Waals surface area contributed by atoms with Crippen molar-refractivity contribution in [3.05, 3.63) is 60.0 Å². The molecule has 1 aliphatic heterocycles. The van der Waals surface area contributed by atoms with Crippen molar-refractivity contribution in [1.82, 2.24) is 4.98 Å². The quantitative estimate of drug-likeness (QED) is 0.551. The maximum absolute atomic E-state index is 14.2. The van der Waals surface area contributed by atoms with Gasteiger partial charge in [0.2, 0.25) is 0 Å². The van der Waals surface area contributed by atoms with E-state index in [0.717, 1.165) is 21.9 Å². The van der Waals surface area contributed by atoms with Crippen LogP contribution in [0.15, 0.2) is 48.7 Å². The van der Waals surface area contributed by atoms with Crippen LogP contribution in [-0.4, -0.2) is 23.3 Å². The Labute approximate surface area is 184 Å². The standard InChI is InChI=1S/C25H30BFN2O2/c1-23(2,3)16-8-11-18(12-9-16)29-22-19-13-10-17(27)14-20(19)21(15-28-22)26-30-24(4,5)25(6,7)31-26/h8-15H,1-7H3,(H,28,29). The first-order valence-electron chi connectivity index (χ1n) is 10.7. The van der Waals surface area contributed by atoms with Crippen LogP contribution in [0, 0.1) is 5.82 Å². The Morgan fingerprint density at radius 2 is 1.52 bits per heavy atom. The maximum Gasteiger partial charge on any atom is 0.497 e. The molecular formula is C25H30BFN2O2. The van der Waals surface area contributed by atoms with E-state index >= 15 is 0 Å². The third-order valence-electron chi connectivity index (χ3n) is 6.40. The zero-order valence-electron chi connectivity index (χ0n) is 19.3. The number of benzene rings is 2. The van der Waals surface area contributed by atoms with Crippen molar-refractivity contribution in [2.75, 3.05) is 5.32 Å². The van der Waals surface area contributed by atoms with Gasteiger partial charge >= 0.3 is 7.12 Å². The highest BCUT2D eigenvalue weighted by molar-refractivity contribution is 6.65. The molecule has 4 rings (SSSR count). The number of rotatable bonds is 3. The number of halogens is 1. The molecule has 0 aliphatic carbocycles. The summed E-state index contributed by atoms with van der Waals surface area (Å²) >= 11 is 0. The number of hydrogen-bond acceptors (Lipinski definition) is 4. The smallest absolute Gasteiger partial charge is 0.399 e. The van der Waals surface area contributed by atoms with Gasteiger partial charge in [-0.2, -0.15) is 0 Å². The SMILES string of the molecule is CC(C)(C)c1ccc(Nc2ncc(B3OC(C)(C)C(C)(C)O3)c3cc(F)ccc23)cc1. The first-order chi connectivity index (χ1) is 14.4. The Morgan fingerprint density at radius 1 is 0.903 bits per heavy atom. The Morgan fingerprint density at radius 3 is 2.10 bits per heavy atom. The van der Waals surface area contributed by atoms with Crippen LogP contribution >= 0.6 is 0 Å². The van der Waals surface area contributed by atoms with Gasteiger partial charge in [-0.3, -0.25) is 0 Å². The number of hydrogen-bond donors (Lipinski definition) is 1. The van der Waals surface area contributed by atoms with Gasteiger partial charge in [0.05, 0.1) is 11.2 Å². The molecule has 0 amide bonds. The lowest BCUT2D eigenvalue weighted by atomic mass is 9.77. The predicted octanol–water partition coefficient (Wildman–Crippen LogP) is 5.71. The van der Waals surface area contributed by atoms with E-state index < -0.39 is 18.3 Å². The molecule has 4 nitrogen and oxygen atoms in total. The van der Waals surface area contributed by atoms with Crippen molar-refractivity contribution in [2.45, 2.75) is 65.1 Å². The van der Waals surface area contributed by atoms with Crippen LogP contribution in [0.5, 0.6) is 0 Å². The lowest BCUT2D eigenvalue weighted by Gasteiger charge is -2.32. The van der Waals surface area contributed by atoms with E-state index in [0.29, 0.717) is 5.82 Å². The number of pyridine rings is 1. The molecule has 0 atom stereocenters. The summed E-state index contributed by atoms with van der Waals surface area (Å²) in [6.07, 6.45) is 1.72. The van der Waals surface area contributed by atoms with Crippen LogP contribution in [0.25, 0.3) is 10.8 Å². The van der Waals surface area contributed by atoms with E-state index in [1.807, 2.05) is 39.8 Å². The van der Waals surface area contributed by atoms with Crippen LogP contribution in [0.2, 0.25) is 0 Å². The van der Waals surface area contributed by atoms with Crippen molar-refractivity contribution in [1.29, 1.82) is 0 Å². The fraction of sp³-hybridized carbons (Fsp3) is 0.400. The van der Waals surface area contributed by atoms with Gasteiger partial charge in [-0.25, -0.2) is 9.37 Å². The van der Waals surface area contributed by atoms with E-state index in [1.54, 1.807) is 12.3 Å². The van der Waals surface area contributed by atoms with Crippen LogP contribution in [0.3, 0.4) is 0 Å². The number of aromatic nitrogens is 1. The first kappa shape index (κ1) is 21.8. The first-order valence-corrected chi connectivity index (χ1v) is 10.7. The van der Waals surface area contributed by atoms with Crippen LogP contribution in [-0.2, 0) is 14.7 Å². The van der Waals surface area contributed by atoms with Gasteiger partial charge in [-0.05, 0) is 74.4 Å². The third-order valence-corrected chi connectivity index (χ3v) is 6.40. The zero-order chi connectivity index (χ0) is 22.6. The number of fused-ring (bicyclic) bond motifs is 1. The molecule has 1 saturated heterocycles. The van der Waals surface area contributed by atoms with Gasteiger partial charge in [0.25, 0.3) is 0 Å². The lowest BCUT2D eigenvalue weighted by Crippen LogP contribution is -2.41. The summed E-state index contributed by atoms with van der Waals surface area (Å²) in [6, 6.07) is 13.0. The van der Waals surface area contributed by atoms with E-state index in [-0.39, 0.29) is 11.2 Å². The zero-order valence-corrected chi connectivity index (χ0v) is 19.3. The van der Waals surface area contributed by atoms with Crippen molar-refractivity contribution in [3.8, 4) is 0 Å². The fourth-order valence-corrected chi connectivity index (χ4v) is 3.68. The molecular weight excluding hydrogens is 390 g/mol. The maximum atomic E-state index is 14.2. The molecule has 1 aromatic heterocycles. The molecule has 2 aromatic carbocycles. The van der Waals surface area contributed by atoms with Crippen LogP contribution < -0.4 is 10.8 Å². The molecule has 6 heteroatoms. The normalized spacial score (nSPS) is 17.9. The van der Waals surface area contributed by atoms with Crippen LogP contribution in [0.1, 0.15) is 54.0 Å². The van der Waals surface area contributed by atoms with E-state index in [2.05, 4.69) is 43.2 Å². The molecule has 0 bridgehead atoms. The van der Waals surface area contributed by atoms with Gasteiger partial charge in [-0.15, -0.1) is 0 Å². The average Bonchev–Trinajstić information content (AvgIpc) is 2.88. The summed E-state index contributed by atoms with van der Waals surface area (Å²) in [7, 11) is -0.609. The Balaban J connectivity index is 1.72. The van der Waals surface area contributed by atoms with Gasteiger partial charge in [0.1, 0.15) is 11.6 Å². The van der Waals surface area contributed by atoms with Crippen molar-refractivity contribution in [3.63, 3.8) is 0 Å². The average molecular weight is 420 g/mol. The number of nitrogens with zero attached hydrogens (tertiary/aromatic N) is 1. The van der Waals surface area contributed by atoms with E-state index in [1.165, 1.54) is 17.7 Å². The molecule has 0 unspecified atom stereocenters. The summed E-state index contributed by atoms with van der Waals surface area (Å²) in [5.41, 5.74) is 2.03. The van der Waals surface area contributed by atoms with E-state index in [4.69, 9.17) is 9.31 Å². The minimum atomic E-state index is -0.609. The summed E-state index contributed by atoms with van der Waals surface area (Å²) in [5, 5.41) is 4.92. The topological polar surface area (TPSA) is 43.4 Å². The molecule has 0 spiro atoms. The lowest BCUT2D eigenvalue weighted by molar-refractivity contribution is 0.00578. The Hall–Kier alpha value is -2.44. The Bertz CT molecular complexity index is 1100. The summed E-state index contributed by atoms with van der Waals surface area (Å²) in [5.74, 6) is 0.357. The number of anilines is 2. The van der Waals surface area contributed by atoms with Gasteiger partial charge in [0, 0.05) is 22.7 Å². The third kappa shape index (κ3) is 4.07. The molecule has 31 heavy (non-hydrogen) atoms. The molecule has 3 aromatic rings. The van der Waals surface area contributed by atoms with Gasteiger partial charge in [0.15, 0.2) is 0 Å². The predicted molar refractivity (Wildman–Crippen MR) is 126 cm³/mol. The second-order valence-electron chi connectivity index (χ2n) is 10.3. The van der Waals surface area contributed by atoms with Crippen molar-refractivity contribution < 1.29 is 13.7 Å². The second-order valence-corrected chi connectivity index (χ2v) is 10.3. The largest absolute Gasteiger partial charge is 0.497 e. The monoisotopic (exact) mass is 420 g/mol. The second kappa shape index (κ2) is 7.32.